The number of alkyl halides is 3. The van der Waals surface area contributed by atoms with Crippen LogP contribution >= 0.6 is 11.9 Å². The third-order valence-electron chi connectivity index (χ3n) is 4.69. The Morgan fingerprint density at radius 1 is 0.971 bits per heavy atom. The molecule has 0 spiro atoms. The molecule has 0 saturated carbocycles. The van der Waals surface area contributed by atoms with Gasteiger partial charge >= 0.3 is 6.18 Å². The number of rotatable bonds is 6. The zero-order valence-corrected chi connectivity index (χ0v) is 18.9. The van der Waals surface area contributed by atoms with Crippen LogP contribution in [0.25, 0.3) is 33.7 Å². The molecule has 0 aliphatic carbocycles. The summed E-state index contributed by atoms with van der Waals surface area (Å²) in [6, 6.07) is 22.1. The zero-order chi connectivity index (χ0) is 24.6. The van der Waals surface area contributed by atoms with Crippen LogP contribution in [0.3, 0.4) is 0 Å². The normalized spacial score (nSPS) is 10.9. The minimum Gasteiger partial charge on any atom is -0.483 e. The second-order valence-electron chi connectivity index (χ2n) is 6.93. The Morgan fingerprint density at radius 3 is 2.24 bits per heavy atom. The highest BCUT2D eigenvalue weighted by Crippen LogP contribution is 2.40. The van der Waals surface area contributed by atoms with Gasteiger partial charge in [0.05, 0.1) is 5.56 Å². The fourth-order valence-corrected chi connectivity index (χ4v) is 3.78. The molecule has 0 aliphatic heterocycles. The lowest BCUT2D eigenvalue weighted by Gasteiger charge is -2.14. The Balaban J connectivity index is 0.00000103. The summed E-state index contributed by atoms with van der Waals surface area (Å²) in [5.41, 5.74) is 1.65. The van der Waals surface area contributed by atoms with E-state index in [-0.39, 0.29) is 17.8 Å². The molecule has 0 radical (unpaired) electrons. The molecule has 9 heteroatoms. The second-order valence-corrected chi connectivity index (χ2v) is 7.89. The van der Waals surface area contributed by atoms with Crippen LogP contribution in [-0.4, -0.2) is 23.3 Å². The van der Waals surface area contributed by atoms with E-state index in [4.69, 9.17) is 14.4 Å². The van der Waals surface area contributed by atoms with E-state index in [9.17, 15) is 13.2 Å². The molecule has 2 N–H and O–H groups in total. The van der Waals surface area contributed by atoms with Crippen molar-refractivity contribution in [3.63, 3.8) is 0 Å². The largest absolute Gasteiger partial charge is 0.483 e. The number of nitrogens with one attached hydrogen (secondary N) is 1. The van der Waals surface area contributed by atoms with Gasteiger partial charge < -0.3 is 9.63 Å². The molecule has 0 atom stereocenters. The third-order valence-corrected chi connectivity index (χ3v) is 5.63. The van der Waals surface area contributed by atoms with Crippen LogP contribution in [-0.2, 0) is 11.0 Å². The summed E-state index contributed by atoms with van der Waals surface area (Å²) < 4.78 is 49.9. The van der Waals surface area contributed by atoms with Gasteiger partial charge in [-0.05, 0) is 41.3 Å². The van der Waals surface area contributed by atoms with Gasteiger partial charge in [-0.15, -0.1) is 0 Å². The van der Waals surface area contributed by atoms with Crippen LogP contribution in [0, 0.1) is 0 Å². The highest BCUT2D eigenvalue weighted by atomic mass is 32.2. The second kappa shape index (κ2) is 11.5. The van der Waals surface area contributed by atoms with Crippen LogP contribution in [0.4, 0.5) is 13.2 Å². The summed E-state index contributed by atoms with van der Waals surface area (Å²) in [4.78, 5) is 9.42. The van der Waals surface area contributed by atoms with E-state index in [0.29, 0.717) is 16.8 Å². The van der Waals surface area contributed by atoms with Gasteiger partial charge in [0.15, 0.2) is 5.76 Å². The molecule has 0 bridgehead atoms. The van der Waals surface area contributed by atoms with Crippen LogP contribution in [0.1, 0.15) is 12.5 Å². The maximum atomic E-state index is 13.8. The van der Waals surface area contributed by atoms with Crippen LogP contribution in [0.2, 0.25) is 0 Å². The van der Waals surface area contributed by atoms with Crippen LogP contribution in [0.15, 0.2) is 88.3 Å². The first kappa shape index (κ1) is 25.1. The van der Waals surface area contributed by atoms with Gasteiger partial charge in [0.1, 0.15) is 5.69 Å². The Hall–Kier alpha value is -3.56. The van der Waals surface area contributed by atoms with Crippen molar-refractivity contribution in [1.29, 1.82) is 0 Å². The predicted molar refractivity (Wildman–Crippen MR) is 126 cm³/mol. The van der Waals surface area contributed by atoms with Crippen molar-refractivity contribution in [2.24, 2.45) is 0 Å². The molecule has 176 valence electrons. The van der Waals surface area contributed by atoms with Crippen molar-refractivity contribution in [2.75, 3.05) is 6.54 Å². The van der Waals surface area contributed by atoms with Crippen molar-refractivity contribution >= 4 is 18.4 Å². The van der Waals surface area contributed by atoms with Gasteiger partial charge in [-0.3, -0.25) is 9.52 Å². The fraction of sp³-hybridized carbons (Fsp3) is 0.120. The number of halogens is 3. The molecule has 4 aromatic rings. The molecule has 0 aliphatic rings. The van der Waals surface area contributed by atoms with Gasteiger partial charge in [0.2, 0.25) is 0 Å². The maximum absolute atomic E-state index is 13.8. The number of carbonyl (C=O) groups is 1. The minimum atomic E-state index is -4.50. The van der Waals surface area contributed by atoms with E-state index in [1.807, 2.05) is 31.2 Å². The van der Waals surface area contributed by atoms with Crippen molar-refractivity contribution < 1.29 is 27.6 Å². The molecule has 0 unspecified atom stereocenters. The summed E-state index contributed by atoms with van der Waals surface area (Å²) >= 11 is 1.53. The highest BCUT2D eigenvalue weighted by Gasteiger charge is 2.34. The molecule has 4 rings (SSSR count). The molecule has 1 heterocycles. The summed E-state index contributed by atoms with van der Waals surface area (Å²) in [6.45, 7) is 2.62. The van der Waals surface area contributed by atoms with Crippen molar-refractivity contribution in [2.45, 2.75) is 18.0 Å². The van der Waals surface area contributed by atoms with Gasteiger partial charge in [0, 0.05) is 28.6 Å². The third kappa shape index (κ3) is 6.27. The Morgan fingerprint density at radius 2 is 1.62 bits per heavy atom. The van der Waals surface area contributed by atoms with E-state index in [1.54, 1.807) is 42.5 Å². The minimum absolute atomic E-state index is 0.130. The predicted octanol–water partition coefficient (Wildman–Crippen LogP) is 7.01. The van der Waals surface area contributed by atoms with Gasteiger partial charge in [0.25, 0.3) is 6.47 Å². The summed E-state index contributed by atoms with van der Waals surface area (Å²) in [7, 11) is 0. The Labute approximate surface area is 198 Å². The molecule has 0 saturated heterocycles. The molecular weight excluding hydrogens is 465 g/mol. The van der Waals surface area contributed by atoms with Crippen molar-refractivity contribution in [3.8, 4) is 33.7 Å². The molecular formula is C25H21F3N2O3S. The smallest absolute Gasteiger partial charge is 0.417 e. The average Bonchev–Trinajstić information content (AvgIpc) is 3.34. The lowest BCUT2D eigenvalue weighted by molar-refractivity contribution is -0.137. The van der Waals surface area contributed by atoms with E-state index in [0.717, 1.165) is 23.1 Å². The molecule has 0 amide bonds. The quantitative estimate of drug-likeness (QED) is 0.226. The van der Waals surface area contributed by atoms with Crippen LogP contribution < -0.4 is 4.72 Å². The van der Waals surface area contributed by atoms with Gasteiger partial charge in [-0.1, -0.05) is 66.7 Å². The summed E-state index contributed by atoms with van der Waals surface area (Å²) in [5.74, 6) is 0.284. The topological polar surface area (TPSA) is 75.4 Å². The van der Waals surface area contributed by atoms with E-state index < -0.39 is 11.7 Å². The zero-order valence-electron chi connectivity index (χ0n) is 18.0. The van der Waals surface area contributed by atoms with Gasteiger partial charge in [-0.2, -0.15) is 13.2 Å². The fourth-order valence-electron chi connectivity index (χ4n) is 3.20. The number of hydrogen-bond acceptors (Lipinski definition) is 5. The summed E-state index contributed by atoms with van der Waals surface area (Å²) in [5, 5.41) is 10.9. The number of carboxylic acid groups (broad SMARTS) is 1. The first-order valence-corrected chi connectivity index (χ1v) is 11.0. The lowest BCUT2D eigenvalue weighted by atomic mass is 9.96. The monoisotopic (exact) mass is 486 g/mol. The molecule has 1 aromatic heterocycles. The first-order valence-electron chi connectivity index (χ1n) is 10.2. The molecule has 34 heavy (non-hydrogen) atoms. The maximum Gasteiger partial charge on any atom is 0.417 e. The van der Waals surface area contributed by atoms with Crippen molar-refractivity contribution in [3.05, 3.63) is 84.4 Å². The van der Waals surface area contributed by atoms with E-state index in [1.165, 1.54) is 18.0 Å². The number of aromatic nitrogens is 1. The number of benzene rings is 3. The highest BCUT2D eigenvalue weighted by molar-refractivity contribution is 7.97. The van der Waals surface area contributed by atoms with E-state index >= 15 is 0 Å². The standard InChI is InChI=1S/C24H19F3N2OS.CH2O2/c1-2-28-31-19-11-8-17(9-12-19)22-15-23(30-29-22)18-10-13-20(16-6-4-3-5-7-16)21(14-18)24(25,26)27;2-1-3/h3-15,28H,2H2,1H3;1H,(H,2,3). The lowest BCUT2D eigenvalue weighted by Crippen LogP contribution is -2.07. The molecule has 0 fully saturated rings. The Kier molecular flexibility index (Phi) is 8.50. The molecule has 5 nitrogen and oxygen atoms in total. The van der Waals surface area contributed by atoms with E-state index in [2.05, 4.69) is 9.88 Å². The molecule has 3 aromatic carbocycles. The first-order chi connectivity index (χ1) is 16.4. The summed E-state index contributed by atoms with van der Waals surface area (Å²) in [6.07, 6.45) is -4.50. The average molecular weight is 487 g/mol. The number of hydrogen-bond donors (Lipinski definition) is 2. The number of nitrogens with zero attached hydrogens (tertiary/aromatic N) is 1. The Bertz CT molecular complexity index is 1210. The van der Waals surface area contributed by atoms with Crippen molar-refractivity contribution in [1.82, 2.24) is 9.88 Å². The SMILES string of the molecule is CCNSc1ccc(-c2cc(-c3ccc(-c4ccccc4)c(C(F)(F)F)c3)on2)cc1.O=CO. The van der Waals surface area contributed by atoms with Crippen LogP contribution in [0.5, 0.6) is 0 Å². The van der Waals surface area contributed by atoms with Gasteiger partial charge in [-0.25, -0.2) is 0 Å².